The van der Waals surface area contributed by atoms with Gasteiger partial charge in [-0.05, 0) is 37.5 Å². The van der Waals surface area contributed by atoms with Gasteiger partial charge in [0.25, 0.3) is 0 Å². The van der Waals surface area contributed by atoms with E-state index in [0.29, 0.717) is 6.61 Å². The van der Waals surface area contributed by atoms with Crippen LogP contribution in [0.4, 0.5) is 4.39 Å². The Balaban J connectivity index is 1.78. The Kier molecular flexibility index (Phi) is 4.71. The van der Waals surface area contributed by atoms with Crippen LogP contribution >= 0.6 is 0 Å². The highest BCUT2D eigenvalue weighted by molar-refractivity contribution is 5.80. The minimum atomic E-state index is -0.373. The highest BCUT2D eigenvalue weighted by Gasteiger charge is 2.30. The molecule has 1 aromatic heterocycles. The van der Waals surface area contributed by atoms with Crippen LogP contribution in [0.1, 0.15) is 37.4 Å². The Morgan fingerprint density at radius 1 is 1.43 bits per heavy atom. The SMILES string of the molecule is C[C@H](C(=O)N[C@H](c1ccc(F)cc1)[C@H]1CCCO1)n1ccnc1. The predicted octanol–water partition coefficient (Wildman–Crippen LogP) is 2.62. The van der Waals surface area contributed by atoms with Crippen LogP contribution in [0.25, 0.3) is 0 Å². The van der Waals surface area contributed by atoms with Gasteiger partial charge in [-0.1, -0.05) is 12.1 Å². The molecule has 0 spiro atoms. The van der Waals surface area contributed by atoms with E-state index in [1.807, 2.05) is 6.92 Å². The van der Waals surface area contributed by atoms with Gasteiger partial charge in [-0.25, -0.2) is 9.37 Å². The molecule has 3 rings (SSSR count). The molecule has 0 radical (unpaired) electrons. The lowest BCUT2D eigenvalue weighted by molar-refractivity contribution is -0.125. The zero-order chi connectivity index (χ0) is 16.2. The van der Waals surface area contributed by atoms with Crippen molar-refractivity contribution in [1.29, 1.82) is 0 Å². The molecule has 5 nitrogen and oxygen atoms in total. The molecule has 2 heterocycles. The number of carbonyl (C=O) groups is 1. The number of halogens is 1. The molecule has 1 aliphatic rings. The van der Waals surface area contributed by atoms with Gasteiger partial charge < -0.3 is 14.6 Å². The molecular formula is C17H20FN3O2. The number of nitrogens with zero attached hydrogens (tertiary/aromatic N) is 2. The maximum absolute atomic E-state index is 13.2. The molecule has 0 bridgehead atoms. The predicted molar refractivity (Wildman–Crippen MR) is 83.2 cm³/mol. The van der Waals surface area contributed by atoms with Gasteiger partial charge in [0.2, 0.25) is 5.91 Å². The average molecular weight is 317 g/mol. The lowest BCUT2D eigenvalue weighted by Gasteiger charge is -2.26. The second-order valence-corrected chi connectivity index (χ2v) is 5.78. The van der Waals surface area contributed by atoms with Crippen LogP contribution in [-0.2, 0) is 9.53 Å². The summed E-state index contributed by atoms with van der Waals surface area (Å²) in [7, 11) is 0. The standard InChI is InChI=1S/C17H20FN3O2/c1-12(21-9-8-19-11-21)17(22)20-16(15-3-2-10-23-15)13-4-6-14(18)7-5-13/h4-9,11-12,15-16H,2-3,10H2,1H3,(H,20,22)/t12-,15-,16-/m1/s1. The third-order valence-corrected chi connectivity index (χ3v) is 4.22. The third-order valence-electron chi connectivity index (χ3n) is 4.22. The zero-order valence-corrected chi connectivity index (χ0v) is 13.0. The van der Waals surface area contributed by atoms with Crippen LogP contribution < -0.4 is 5.32 Å². The maximum Gasteiger partial charge on any atom is 0.243 e. The molecule has 0 unspecified atom stereocenters. The van der Waals surface area contributed by atoms with Gasteiger partial charge in [-0.2, -0.15) is 0 Å². The molecule has 0 saturated carbocycles. The van der Waals surface area contributed by atoms with Crippen molar-refractivity contribution in [2.45, 2.75) is 38.0 Å². The smallest absolute Gasteiger partial charge is 0.243 e. The van der Waals surface area contributed by atoms with E-state index >= 15 is 0 Å². The van der Waals surface area contributed by atoms with Gasteiger partial charge >= 0.3 is 0 Å². The summed E-state index contributed by atoms with van der Waals surface area (Å²) >= 11 is 0. The second-order valence-electron chi connectivity index (χ2n) is 5.78. The van der Waals surface area contributed by atoms with E-state index in [0.717, 1.165) is 18.4 Å². The molecule has 1 aliphatic heterocycles. The third kappa shape index (κ3) is 3.59. The highest BCUT2D eigenvalue weighted by Crippen LogP contribution is 2.27. The normalized spacial score (nSPS) is 20.2. The van der Waals surface area contributed by atoms with Crippen molar-refractivity contribution in [2.24, 2.45) is 0 Å². The number of benzene rings is 1. The van der Waals surface area contributed by atoms with E-state index < -0.39 is 0 Å². The first kappa shape index (κ1) is 15.7. The summed E-state index contributed by atoms with van der Waals surface area (Å²) < 4.78 is 20.7. The number of amides is 1. The Labute approximate surface area is 134 Å². The van der Waals surface area contributed by atoms with Gasteiger partial charge in [0.15, 0.2) is 0 Å². The fraction of sp³-hybridized carbons (Fsp3) is 0.412. The molecule has 6 heteroatoms. The second kappa shape index (κ2) is 6.91. The van der Waals surface area contributed by atoms with Crippen LogP contribution in [-0.4, -0.2) is 28.2 Å². The lowest BCUT2D eigenvalue weighted by atomic mass is 9.99. The number of imidazole rings is 1. The van der Waals surface area contributed by atoms with Crippen LogP contribution in [0.15, 0.2) is 43.0 Å². The molecule has 1 amide bonds. The first-order valence-corrected chi connectivity index (χ1v) is 7.80. The van der Waals surface area contributed by atoms with E-state index in [4.69, 9.17) is 4.74 Å². The topological polar surface area (TPSA) is 56.1 Å². The van der Waals surface area contributed by atoms with Crippen molar-refractivity contribution in [2.75, 3.05) is 6.61 Å². The molecule has 23 heavy (non-hydrogen) atoms. The van der Waals surface area contributed by atoms with E-state index in [1.165, 1.54) is 12.1 Å². The first-order valence-electron chi connectivity index (χ1n) is 7.80. The van der Waals surface area contributed by atoms with E-state index in [2.05, 4.69) is 10.3 Å². The summed E-state index contributed by atoms with van der Waals surface area (Å²) in [5, 5.41) is 3.05. The largest absolute Gasteiger partial charge is 0.376 e. The molecule has 3 atom stereocenters. The molecule has 1 saturated heterocycles. The molecule has 2 aromatic rings. The highest BCUT2D eigenvalue weighted by atomic mass is 19.1. The van der Waals surface area contributed by atoms with Gasteiger partial charge in [-0.15, -0.1) is 0 Å². The van der Waals surface area contributed by atoms with E-state index in [9.17, 15) is 9.18 Å². The Morgan fingerprint density at radius 2 is 2.22 bits per heavy atom. The molecule has 1 fully saturated rings. The summed E-state index contributed by atoms with van der Waals surface area (Å²) in [6.07, 6.45) is 6.77. The average Bonchev–Trinajstić information content (AvgIpc) is 3.26. The number of hydrogen-bond acceptors (Lipinski definition) is 3. The molecule has 1 N–H and O–H groups in total. The van der Waals surface area contributed by atoms with Crippen LogP contribution in [0.5, 0.6) is 0 Å². The molecular weight excluding hydrogens is 297 g/mol. The summed E-state index contributed by atoms with van der Waals surface area (Å²) in [4.78, 5) is 16.5. The summed E-state index contributed by atoms with van der Waals surface area (Å²) in [6, 6.07) is 5.55. The number of ether oxygens (including phenoxy) is 1. The van der Waals surface area contributed by atoms with Crippen molar-refractivity contribution in [3.8, 4) is 0 Å². The number of rotatable bonds is 5. The Hall–Kier alpha value is -2.21. The van der Waals surface area contributed by atoms with Crippen molar-refractivity contribution < 1.29 is 13.9 Å². The summed E-state index contributed by atoms with van der Waals surface area (Å²) in [5.74, 6) is -0.411. The fourth-order valence-electron chi connectivity index (χ4n) is 2.83. The number of carbonyl (C=O) groups excluding carboxylic acids is 1. The minimum Gasteiger partial charge on any atom is -0.376 e. The molecule has 1 aromatic carbocycles. The summed E-state index contributed by atoms with van der Waals surface area (Å²) in [6.45, 7) is 2.50. The lowest BCUT2D eigenvalue weighted by Crippen LogP contribution is -2.39. The minimum absolute atomic E-state index is 0.0839. The summed E-state index contributed by atoms with van der Waals surface area (Å²) in [5.41, 5.74) is 0.851. The van der Waals surface area contributed by atoms with Crippen molar-refractivity contribution in [3.05, 3.63) is 54.4 Å². The number of hydrogen-bond donors (Lipinski definition) is 1. The van der Waals surface area contributed by atoms with E-state index in [-0.39, 0.29) is 29.9 Å². The van der Waals surface area contributed by atoms with E-state index in [1.54, 1.807) is 35.4 Å². The van der Waals surface area contributed by atoms with Gasteiger partial charge in [0.1, 0.15) is 11.9 Å². The quantitative estimate of drug-likeness (QED) is 0.922. The monoisotopic (exact) mass is 317 g/mol. The van der Waals surface area contributed by atoms with Crippen molar-refractivity contribution in [3.63, 3.8) is 0 Å². The van der Waals surface area contributed by atoms with Crippen LogP contribution in [0.3, 0.4) is 0 Å². The zero-order valence-electron chi connectivity index (χ0n) is 13.0. The number of nitrogens with one attached hydrogen (secondary N) is 1. The van der Waals surface area contributed by atoms with Crippen LogP contribution in [0.2, 0.25) is 0 Å². The van der Waals surface area contributed by atoms with Crippen molar-refractivity contribution >= 4 is 5.91 Å². The Morgan fingerprint density at radius 3 is 2.83 bits per heavy atom. The van der Waals surface area contributed by atoms with Crippen LogP contribution in [0, 0.1) is 5.82 Å². The van der Waals surface area contributed by atoms with Gasteiger partial charge in [-0.3, -0.25) is 4.79 Å². The maximum atomic E-state index is 13.2. The van der Waals surface area contributed by atoms with Crippen molar-refractivity contribution in [1.82, 2.24) is 14.9 Å². The number of aromatic nitrogens is 2. The Bertz CT molecular complexity index is 636. The van der Waals surface area contributed by atoms with Gasteiger partial charge in [0.05, 0.1) is 18.5 Å². The first-order chi connectivity index (χ1) is 11.1. The van der Waals surface area contributed by atoms with Gasteiger partial charge in [0, 0.05) is 19.0 Å². The fourth-order valence-corrected chi connectivity index (χ4v) is 2.83. The molecule has 0 aliphatic carbocycles. The molecule has 122 valence electrons.